The van der Waals surface area contributed by atoms with Crippen molar-refractivity contribution in [1.82, 2.24) is 9.97 Å². The summed E-state index contributed by atoms with van der Waals surface area (Å²) >= 11 is 1.67. The second-order valence-corrected chi connectivity index (χ2v) is 4.52. The summed E-state index contributed by atoms with van der Waals surface area (Å²) in [5, 5.41) is 10.9. The molecule has 1 rings (SSSR count). The van der Waals surface area contributed by atoms with Gasteiger partial charge in [0.05, 0.1) is 4.92 Å². The number of nitrogens with zero attached hydrogens (tertiary/aromatic N) is 4. The summed E-state index contributed by atoms with van der Waals surface area (Å²) in [7, 11) is 1.76. The maximum atomic E-state index is 10.9. The van der Waals surface area contributed by atoms with Crippen LogP contribution in [0.5, 0.6) is 0 Å². The van der Waals surface area contributed by atoms with Crippen LogP contribution in [0, 0.1) is 10.1 Å². The highest BCUT2D eigenvalue weighted by Crippen LogP contribution is 2.26. The molecule has 1 aromatic heterocycles. The number of thioether (sulfide) groups is 1. The largest absolute Gasteiger partial charge is 0.368 e. The molecule has 2 N–H and O–H groups in total. The van der Waals surface area contributed by atoms with Crippen LogP contribution in [-0.4, -0.2) is 40.0 Å². The van der Waals surface area contributed by atoms with Gasteiger partial charge in [0, 0.05) is 18.8 Å². The quantitative estimate of drug-likeness (QED) is 0.624. The molecule has 1 aromatic rings. The maximum absolute atomic E-state index is 10.9. The van der Waals surface area contributed by atoms with Gasteiger partial charge in [-0.3, -0.25) is 10.1 Å². The van der Waals surface area contributed by atoms with Gasteiger partial charge in [0.2, 0.25) is 11.8 Å². The Morgan fingerprint density at radius 2 is 2.35 bits per heavy atom. The third kappa shape index (κ3) is 3.19. The summed E-state index contributed by atoms with van der Waals surface area (Å²) in [6.07, 6.45) is 3.12. The van der Waals surface area contributed by atoms with Gasteiger partial charge in [-0.05, 0) is 13.2 Å². The number of nitrogens with two attached hydrogens (primary N) is 1. The molecule has 0 aliphatic rings. The Hall–Kier alpha value is -1.57. The molecule has 17 heavy (non-hydrogen) atoms. The Labute approximate surface area is 104 Å². The van der Waals surface area contributed by atoms with Gasteiger partial charge >= 0.3 is 5.69 Å². The lowest BCUT2D eigenvalue weighted by Gasteiger charge is -2.24. The highest BCUT2D eigenvalue weighted by molar-refractivity contribution is 7.98. The fraction of sp³-hybridized carbons (Fsp3) is 0.556. The van der Waals surface area contributed by atoms with Crippen molar-refractivity contribution >= 4 is 29.2 Å². The Morgan fingerprint density at radius 1 is 1.71 bits per heavy atom. The number of rotatable bonds is 5. The van der Waals surface area contributed by atoms with Crippen molar-refractivity contribution in [3.63, 3.8) is 0 Å². The zero-order valence-electron chi connectivity index (χ0n) is 9.95. The Kier molecular flexibility index (Phi) is 4.50. The first-order chi connectivity index (χ1) is 7.97. The molecule has 1 heterocycles. The molecule has 0 saturated carbocycles. The monoisotopic (exact) mass is 257 g/mol. The topological polar surface area (TPSA) is 98.2 Å². The molecule has 0 saturated heterocycles. The highest BCUT2D eigenvalue weighted by Gasteiger charge is 2.22. The van der Waals surface area contributed by atoms with Gasteiger partial charge in [-0.15, -0.1) is 0 Å². The first-order valence-corrected chi connectivity index (χ1v) is 6.35. The van der Waals surface area contributed by atoms with Crippen LogP contribution in [0.25, 0.3) is 0 Å². The van der Waals surface area contributed by atoms with E-state index in [0.29, 0.717) is 0 Å². The number of hydrogen-bond donors (Lipinski definition) is 1. The van der Waals surface area contributed by atoms with Crippen LogP contribution in [0.3, 0.4) is 0 Å². The minimum absolute atomic E-state index is 0.0359. The molecule has 0 amide bonds. The van der Waals surface area contributed by atoms with Crippen molar-refractivity contribution in [1.29, 1.82) is 0 Å². The predicted octanol–water partition coefficient (Wildman–Crippen LogP) is 1.15. The maximum Gasteiger partial charge on any atom is 0.329 e. The molecule has 1 atom stereocenters. The first kappa shape index (κ1) is 13.5. The third-order valence-electron chi connectivity index (χ3n) is 2.37. The summed E-state index contributed by atoms with van der Waals surface area (Å²) in [6.45, 7) is 1.97. The van der Waals surface area contributed by atoms with Crippen molar-refractivity contribution in [3.8, 4) is 0 Å². The van der Waals surface area contributed by atoms with Gasteiger partial charge in [0.15, 0.2) is 0 Å². The molecule has 0 aromatic carbocycles. The Balaban J connectivity index is 3.10. The fourth-order valence-electron chi connectivity index (χ4n) is 1.33. The SMILES string of the molecule is CSCC(C)N(C)c1nc(N)ncc1[N+](=O)[O-]. The van der Waals surface area contributed by atoms with Crippen molar-refractivity contribution in [2.24, 2.45) is 0 Å². The number of aromatic nitrogens is 2. The standard InChI is InChI=1S/C9H15N5O2S/c1-6(5-17-3)13(2)8-7(14(15)16)4-11-9(10)12-8/h4,6H,5H2,1-3H3,(H2,10,11,12). The molecule has 0 radical (unpaired) electrons. The van der Waals surface area contributed by atoms with Gasteiger partial charge in [-0.2, -0.15) is 16.7 Å². The third-order valence-corrected chi connectivity index (χ3v) is 3.18. The molecular formula is C9H15N5O2S. The lowest BCUT2D eigenvalue weighted by atomic mass is 10.3. The molecular weight excluding hydrogens is 242 g/mol. The average Bonchev–Trinajstić information content (AvgIpc) is 2.27. The molecule has 7 nitrogen and oxygen atoms in total. The van der Waals surface area contributed by atoms with Gasteiger partial charge in [0.25, 0.3) is 0 Å². The van der Waals surface area contributed by atoms with Gasteiger partial charge < -0.3 is 10.6 Å². The number of anilines is 2. The minimum atomic E-state index is -0.503. The average molecular weight is 257 g/mol. The van der Waals surface area contributed by atoms with E-state index in [1.165, 1.54) is 0 Å². The second kappa shape index (κ2) is 5.67. The smallest absolute Gasteiger partial charge is 0.329 e. The molecule has 0 fully saturated rings. The van der Waals surface area contributed by atoms with Crippen LogP contribution in [-0.2, 0) is 0 Å². The lowest BCUT2D eigenvalue weighted by Crippen LogP contribution is -2.32. The van der Waals surface area contributed by atoms with E-state index >= 15 is 0 Å². The van der Waals surface area contributed by atoms with E-state index in [4.69, 9.17) is 5.73 Å². The Bertz CT molecular complexity index is 414. The van der Waals surface area contributed by atoms with Crippen LogP contribution in [0.1, 0.15) is 6.92 Å². The van der Waals surface area contributed by atoms with E-state index in [9.17, 15) is 10.1 Å². The van der Waals surface area contributed by atoms with Crippen molar-refractivity contribution in [2.75, 3.05) is 29.7 Å². The van der Waals surface area contributed by atoms with Gasteiger partial charge in [-0.25, -0.2) is 4.98 Å². The molecule has 94 valence electrons. The highest BCUT2D eigenvalue weighted by atomic mass is 32.2. The number of nitro groups is 1. The van der Waals surface area contributed by atoms with E-state index in [1.54, 1.807) is 23.7 Å². The van der Waals surface area contributed by atoms with Crippen molar-refractivity contribution < 1.29 is 4.92 Å². The minimum Gasteiger partial charge on any atom is -0.368 e. The molecule has 0 spiro atoms. The molecule has 8 heteroatoms. The van der Waals surface area contributed by atoms with Crippen LogP contribution in [0.4, 0.5) is 17.5 Å². The normalized spacial score (nSPS) is 12.2. The summed E-state index contributed by atoms with van der Waals surface area (Å²) in [5.74, 6) is 1.13. The fourth-order valence-corrected chi connectivity index (χ4v) is 2.04. The molecule has 1 unspecified atom stereocenters. The second-order valence-electron chi connectivity index (χ2n) is 3.61. The van der Waals surface area contributed by atoms with Crippen LogP contribution >= 0.6 is 11.8 Å². The molecule has 0 aliphatic carbocycles. The van der Waals surface area contributed by atoms with Crippen LogP contribution in [0.15, 0.2) is 6.20 Å². The summed E-state index contributed by atoms with van der Waals surface area (Å²) in [4.78, 5) is 19.7. The summed E-state index contributed by atoms with van der Waals surface area (Å²) in [5.41, 5.74) is 5.33. The van der Waals surface area contributed by atoms with E-state index in [2.05, 4.69) is 9.97 Å². The van der Waals surface area contributed by atoms with E-state index in [1.807, 2.05) is 13.2 Å². The predicted molar refractivity (Wildman–Crippen MR) is 69.3 cm³/mol. The summed E-state index contributed by atoms with van der Waals surface area (Å²) < 4.78 is 0. The molecule has 0 aliphatic heterocycles. The lowest BCUT2D eigenvalue weighted by molar-refractivity contribution is -0.384. The number of hydrogen-bond acceptors (Lipinski definition) is 7. The number of nitrogen functional groups attached to an aromatic ring is 1. The van der Waals surface area contributed by atoms with E-state index < -0.39 is 4.92 Å². The zero-order valence-corrected chi connectivity index (χ0v) is 10.8. The van der Waals surface area contributed by atoms with Crippen LogP contribution in [0.2, 0.25) is 0 Å². The van der Waals surface area contributed by atoms with Crippen molar-refractivity contribution in [2.45, 2.75) is 13.0 Å². The summed E-state index contributed by atoms with van der Waals surface area (Å²) in [6, 6.07) is 0.123. The first-order valence-electron chi connectivity index (χ1n) is 4.96. The van der Waals surface area contributed by atoms with Crippen molar-refractivity contribution in [3.05, 3.63) is 16.3 Å². The van der Waals surface area contributed by atoms with E-state index in [-0.39, 0.29) is 23.5 Å². The van der Waals surface area contributed by atoms with Gasteiger partial charge in [-0.1, -0.05) is 0 Å². The molecule has 0 bridgehead atoms. The zero-order chi connectivity index (χ0) is 13.0. The van der Waals surface area contributed by atoms with Gasteiger partial charge in [0.1, 0.15) is 6.20 Å². The van der Waals surface area contributed by atoms with E-state index in [0.717, 1.165) is 11.9 Å². The Morgan fingerprint density at radius 3 is 2.88 bits per heavy atom. The van der Waals surface area contributed by atoms with Crippen LogP contribution < -0.4 is 10.6 Å².